The van der Waals surface area contributed by atoms with Crippen molar-refractivity contribution in [3.05, 3.63) is 81.1 Å². The summed E-state index contributed by atoms with van der Waals surface area (Å²) < 4.78 is 335. The van der Waals surface area contributed by atoms with Gasteiger partial charge in [0.05, 0.1) is 13.2 Å². The van der Waals surface area contributed by atoms with Crippen LogP contribution in [0.1, 0.15) is 25.7 Å². The van der Waals surface area contributed by atoms with Crippen LogP contribution in [0.15, 0.2) is 79.1 Å². The molecule has 0 N–H and O–H groups in total. The average molecular weight is 1530 g/mol. The van der Waals surface area contributed by atoms with Crippen molar-refractivity contribution in [2.45, 2.75) is 25.7 Å². The van der Waals surface area contributed by atoms with Gasteiger partial charge in [-0.15, -0.1) is 0 Å². The number of ether oxygens (including phenoxy) is 2. The predicted molar refractivity (Wildman–Crippen MR) is 255 cm³/mol. The maximum atomic E-state index is 14.1. The first-order chi connectivity index (χ1) is 38.3. The van der Waals surface area contributed by atoms with Gasteiger partial charge in [-0.3, -0.25) is 9.59 Å². The molecule has 0 unspecified atom stereocenters. The quantitative estimate of drug-likeness (QED) is 0.0308. The molecule has 0 spiro atoms. The maximum Gasteiger partial charge on any atom is 1.00 e. The van der Waals surface area contributed by atoms with Gasteiger partial charge >= 0.3 is 236 Å². The van der Waals surface area contributed by atoms with Crippen LogP contribution in [-0.4, -0.2) is 117 Å². The fourth-order valence-corrected chi connectivity index (χ4v) is 10.6. The van der Waals surface area contributed by atoms with Gasteiger partial charge in [0.1, 0.15) is 44.9 Å². The summed E-state index contributed by atoms with van der Waals surface area (Å²) in [5, 5.41) is -1.77. The maximum absolute atomic E-state index is 14.1. The molecule has 0 bridgehead atoms. The third kappa shape index (κ3) is 28.9. The molecule has 0 amide bonds. The molecule has 4 aromatic carbocycles. The first-order valence-electron chi connectivity index (χ1n) is 21.4. The van der Waals surface area contributed by atoms with E-state index in [0.717, 1.165) is 0 Å². The Morgan fingerprint density at radius 1 is 0.337 bits per heavy atom. The van der Waals surface area contributed by atoms with Crippen LogP contribution in [0.2, 0.25) is 0 Å². The standard InChI is InChI=1S/C38H32O38S8.8Na/c39-33-31-27(11-21(69-77(41,42)43)13-29(31)67-35(37(33)75-83(59,60)61)19-5-7-23(71-79(47,48)49)25(9-19)73-81(53,54)55)65-15-17-1-2-18(4-3-17)16-66-28-12-22(70-78(44,45)46)14-30-32(28)34(40)38(76-84(62,63)64)36(68-30)20-6-8-24(72-80(50,51)52)26(10-20)74-82(56,57)58;;;;;;;;/h5-14,17-18H,1-4,15-16H2,(H,41,42,43)(H,44,45,46)(H,47,48,49)(H,50,51,52)(H,53,54,55)(H,56,57,58)(H,59,60,61)(H,62,63,64);;;;;;;;/q;8*+1/p-8. The van der Waals surface area contributed by atoms with Gasteiger partial charge < -0.3 is 88.2 Å². The van der Waals surface area contributed by atoms with E-state index in [9.17, 15) is 113 Å². The zero-order chi connectivity index (χ0) is 62.5. The number of benzene rings is 4. The summed E-state index contributed by atoms with van der Waals surface area (Å²) in [7, 11) is -46.6. The van der Waals surface area contributed by atoms with Crippen molar-refractivity contribution in [2.24, 2.45) is 11.8 Å². The van der Waals surface area contributed by atoms with E-state index < -0.39 is 221 Å². The van der Waals surface area contributed by atoms with Crippen LogP contribution in [0.25, 0.3) is 44.6 Å². The zero-order valence-electron chi connectivity index (χ0n) is 48.0. The summed E-state index contributed by atoms with van der Waals surface area (Å²) in [6.45, 7) is -0.948. The minimum absolute atomic E-state index is 0. The summed E-state index contributed by atoms with van der Waals surface area (Å²) >= 11 is 0. The smallest absolute Gasteiger partial charge is 0.716 e. The minimum Gasteiger partial charge on any atom is -0.716 e. The summed E-state index contributed by atoms with van der Waals surface area (Å²) in [4.78, 5) is 28.2. The van der Waals surface area contributed by atoms with Crippen LogP contribution >= 0.6 is 0 Å². The molecule has 1 fully saturated rings. The molecule has 0 atom stereocenters. The molecule has 1 aliphatic rings. The summed E-state index contributed by atoms with van der Waals surface area (Å²) in [5.74, 6) is -15.7. The number of rotatable bonds is 24. The van der Waals surface area contributed by atoms with Crippen LogP contribution < -0.4 is 290 Å². The third-order valence-electron chi connectivity index (χ3n) is 10.6. The van der Waals surface area contributed by atoms with Crippen molar-refractivity contribution >= 4 is 105 Å². The average Bonchev–Trinajstić information content (AvgIpc) is 0.786. The topological polar surface area (TPSA) is 610 Å². The summed E-state index contributed by atoms with van der Waals surface area (Å²) in [6, 6.07) is 4.89. The van der Waals surface area contributed by atoms with E-state index in [0.29, 0.717) is 60.7 Å². The van der Waals surface area contributed by atoms with E-state index in [4.69, 9.17) is 18.3 Å². The van der Waals surface area contributed by atoms with Crippen molar-refractivity contribution < 1.29 is 392 Å². The molecule has 92 heavy (non-hydrogen) atoms. The summed E-state index contributed by atoms with van der Waals surface area (Å²) in [6.07, 6.45) is 0.455. The Morgan fingerprint density at radius 2 is 0.598 bits per heavy atom. The van der Waals surface area contributed by atoms with Crippen LogP contribution in [0.3, 0.4) is 0 Å². The Labute approximate surface area is 697 Å². The molecular weight excluding hydrogens is 1500 g/mol. The van der Waals surface area contributed by atoms with Gasteiger partial charge in [-0.05, 0) is 73.9 Å². The fourth-order valence-electron chi connectivity index (χ4n) is 7.77. The molecule has 0 saturated heterocycles. The first-order valence-corrected chi connectivity index (χ1v) is 32.1. The van der Waals surface area contributed by atoms with Gasteiger partial charge in [0.25, 0.3) is 83.2 Å². The molecule has 0 radical (unpaired) electrons. The molecule has 54 heteroatoms. The molecular formula is C38H24Na8O38S8. The van der Waals surface area contributed by atoms with Gasteiger partial charge in [0, 0.05) is 35.4 Å². The normalized spacial score (nSPS) is 14.3. The van der Waals surface area contributed by atoms with E-state index in [1.807, 2.05) is 0 Å². The van der Waals surface area contributed by atoms with Gasteiger partial charge in [0.15, 0.2) is 34.5 Å². The first kappa shape index (κ1) is 94.6. The van der Waals surface area contributed by atoms with Gasteiger partial charge in [-0.1, -0.05) is 0 Å². The Hall–Kier alpha value is 0.580. The Morgan fingerprint density at radius 3 is 0.859 bits per heavy atom. The van der Waals surface area contributed by atoms with Crippen LogP contribution in [0.4, 0.5) is 0 Å². The van der Waals surface area contributed by atoms with Crippen molar-refractivity contribution in [1.29, 1.82) is 0 Å². The molecule has 6 aromatic rings. The zero-order valence-corrected chi connectivity index (χ0v) is 70.5. The number of hydrogen-bond acceptors (Lipinski definition) is 38. The molecule has 460 valence electrons. The van der Waals surface area contributed by atoms with E-state index >= 15 is 0 Å². The van der Waals surface area contributed by atoms with Crippen LogP contribution in [-0.2, 0) is 83.2 Å². The molecule has 38 nitrogen and oxygen atoms in total. The van der Waals surface area contributed by atoms with Crippen molar-refractivity contribution in [3.63, 3.8) is 0 Å². The van der Waals surface area contributed by atoms with E-state index in [1.54, 1.807) is 0 Å². The second kappa shape index (κ2) is 37.0. The van der Waals surface area contributed by atoms with Crippen LogP contribution in [0.5, 0.6) is 57.5 Å². The van der Waals surface area contributed by atoms with Gasteiger partial charge in [-0.25, -0.2) is 67.3 Å². The van der Waals surface area contributed by atoms with E-state index in [-0.39, 0.29) is 262 Å². The molecule has 0 aliphatic heterocycles. The minimum atomic E-state index is -6.01. The van der Waals surface area contributed by atoms with Crippen LogP contribution in [0, 0.1) is 11.8 Å². The SMILES string of the molecule is O=c1c(OS(=O)(=O)[O-])c(-c2ccc(OS(=O)(=O)[O-])c(OS(=O)(=O)[O-])c2)oc2cc(OS(=O)(=O)[O-])cc(OCC3CCC(COc4cc(OS(=O)(=O)[O-])cc5oc(-c6ccc(OS(=O)(=O)[O-])c(OS(=O)(=O)[O-])c6)c(OS(=O)(=O)[O-])c(=O)c45)CC3)c12.[Na+].[Na+].[Na+].[Na+].[Na+].[Na+].[Na+].[Na+]. The Bertz CT molecular complexity index is 4460. The monoisotopic (exact) mass is 1530 g/mol. The predicted octanol–water partition coefficient (Wildman–Crippen LogP) is -24.8. The Balaban J connectivity index is 0. The molecule has 7 rings (SSSR count). The molecule has 2 heterocycles. The van der Waals surface area contributed by atoms with Gasteiger partial charge in [0.2, 0.25) is 22.4 Å². The van der Waals surface area contributed by atoms with Crippen molar-refractivity contribution in [3.8, 4) is 80.1 Å². The largest absolute Gasteiger partial charge is 1.00 e. The van der Waals surface area contributed by atoms with E-state index in [1.165, 1.54) is 0 Å². The number of fused-ring (bicyclic) bond motifs is 2. The third-order valence-corrected chi connectivity index (χ3v) is 13.7. The second-order valence-electron chi connectivity index (χ2n) is 16.5. The Kier molecular flexibility index (Phi) is 38.0. The van der Waals surface area contributed by atoms with Gasteiger partial charge in [-0.2, -0.15) is 0 Å². The fraction of sp³-hybridized carbons (Fsp3) is 0.211. The second-order valence-corrected chi connectivity index (χ2v) is 24.4. The van der Waals surface area contributed by atoms with Crippen molar-refractivity contribution in [1.82, 2.24) is 0 Å². The van der Waals surface area contributed by atoms with E-state index in [2.05, 4.69) is 33.5 Å². The molecule has 1 aliphatic carbocycles. The molecule has 1 saturated carbocycles. The summed E-state index contributed by atoms with van der Waals surface area (Å²) in [5.41, 5.74) is -6.77. The number of hydrogen-bond donors (Lipinski definition) is 0. The molecule has 2 aromatic heterocycles. The van der Waals surface area contributed by atoms with Crippen molar-refractivity contribution in [2.75, 3.05) is 13.2 Å².